The van der Waals surface area contributed by atoms with Gasteiger partial charge in [-0.25, -0.2) is 0 Å². The maximum Gasteiger partial charge on any atom is 0.245 e. The number of unbranched alkanes of at least 4 members (excludes halogenated alkanes) is 1. The fourth-order valence-electron chi connectivity index (χ4n) is 4.99. The van der Waals surface area contributed by atoms with E-state index in [1.165, 1.54) is 38.8 Å². The number of rotatable bonds is 23. The summed E-state index contributed by atoms with van der Waals surface area (Å²) in [6.07, 6.45) is 8.23. The minimum Gasteiger partial charge on any atom is -0.380 e. The molecule has 0 spiro atoms. The van der Waals surface area contributed by atoms with E-state index in [2.05, 4.69) is 27.4 Å². The van der Waals surface area contributed by atoms with Crippen LogP contribution in [0.1, 0.15) is 58.3 Å². The van der Waals surface area contributed by atoms with Gasteiger partial charge in [-0.3, -0.25) is 10.1 Å². The van der Waals surface area contributed by atoms with Crippen LogP contribution in [0.3, 0.4) is 0 Å². The molecule has 0 radical (unpaired) electrons. The SMILES string of the molecule is CNC(=O)COCCCCOCCN1CCC(CCNC(O)COCCCOCCN2CCC(C)CC2)CC1. The van der Waals surface area contributed by atoms with E-state index in [1.54, 1.807) is 7.05 Å². The lowest BCUT2D eigenvalue weighted by atomic mass is 9.93. The maximum absolute atomic E-state index is 11.1. The number of nitrogens with one attached hydrogen (secondary N) is 2. The molecule has 2 fully saturated rings. The van der Waals surface area contributed by atoms with Crippen molar-refractivity contribution in [3.8, 4) is 0 Å². The summed E-state index contributed by atoms with van der Waals surface area (Å²) in [7, 11) is 1.61. The van der Waals surface area contributed by atoms with E-state index >= 15 is 0 Å². The summed E-state index contributed by atoms with van der Waals surface area (Å²) < 4.78 is 22.4. The normalized spacial score (nSPS) is 18.9. The smallest absolute Gasteiger partial charge is 0.245 e. The summed E-state index contributed by atoms with van der Waals surface area (Å²) >= 11 is 0. The number of piperidine rings is 2. The molecule has 0 aromatic rings. The quantitative estimate of drug-likeness (QED) is 0.128. The average Bonchev–Trinajstić information content (AvgIpc) is 2.95. The number of carbonyl (C=O) groups is 1. The molecule has 2 aliphatic heterocycles. The summed E-state index contributed by atoms with van der Waals surface area (Å²) in [6, 6.07) is 0. The zero-order valence-electron chi connectivity index (χ0n) is 24.9. The maximum atomic E-state index is 11.1. The van der Waals surface area contributed by atoms with Crippen molar-refractivity contribution in [1.29, 1.82) is 0 Å². The van der Waals surface area contributed by atoms with E-state index in [9.17, 15) is 9.90 Å². The molecule has 0 aliphatic carbocycles. The largest absolute Gasteiger partial charge is 0.380 e. The van der Waals surface area contributed by atoms with Crippen LogP contribution >= 0.6 is 0 Å². The molecular weight excluding hydrogens is 500 g/mol. The summed E-state index contributed by atoms with van der Waals surface area (Å²) in [5.74, 6) is 1.49. The monoisotopic (exact) mass is 558 g/mol. The molecule has 0 aromatic heterocycles. The Morgan fingerprint density at radius 1 is 0.821 bits per heavy atom. The molecule has 10 nitrogen and oxygen atoms in total. The molecule has 230 valence electrons. The second-order valence-electron chi connectivity index (χ2n) is 11.2. The van der Waals surface area contributed by atoms with Crippen LogP contribution in [0.2, 0.25) is 0 Å². The zero-order chi connectivity index (χ0) is 28.0. The third-order valence-corrected chi connectivity index (χ3v) is 7.81. The minimum absolute atomic E-state index is 0.0885. The van der Waals surface area contributed by atoms with Crippen LogP contribution in [0.15, 0.2) is 0 Å². The van der Waals surface area contributed by atoms with Gasteiger partial charge in [0.25, 0.3) is 0 Å². The van der Waals surface area contributed by atoms with Crippen molar-refractivity contribution >= 4 is 5.91 Å². The Morgan fingerprint density at radius 3 is 2.03 bits per heavy atom. The van der Waals surface area contributed by atoms with Crippen molar-refractivity contribution in [2.24, 2.45) is 11.8 Å². The Labute approximate surface area is 237 Å². The lowest BCUT2D eigenvalue weighted by molar-refractivity contribution is -0.125. The molecule has 1 amide bonds. The topological polar surface area (TPSA) is 105 Å². The summed E-state index contributed by atoms with van der Waals surface area (Å²) in [6.45, 7) is 14.5. The van der Waals surface area contributed by atoms with Crippen LogP contribution in [0, 0.1) is 11.8 Å². The molecule has 10 heteroatoms. The number of aliphatic hydroxyl groups excluding tert-OH is 1. The van der Waals surface area contributed by atoms with Gasteiger partial charge in [0.05, 0.1) is 19.8 Å². The standard InChI is InChI=1S/C29H58N4O6/c1-26-7-12-32(13-8-26)16-23-37-20-5-21-39-25-29(35)31-11-6-27-9-14-33(15-10-27)17-22-36-18-3-4-19-38-24-28(34)30-2/h26-27,29,31,35H,3-25H2,1-2H3,(H,30,34). The Balaban J connectivity index is 1.30. The number of hydrogen-bond donors (Lipinski definition) is 3. The van der Waals surface area contributed by atoms with E-state index in [-0.39, 0.29) is 12.5 Å². The highest BCUT2D eigenvalue weighted by molar-refractivity contribution is 5.76. The highest BCUT2D eigenvalue weighted by atomic mass is 16.5. The van der Waals surface area contributed by atoms with Gasteiger partial charge in [-0.15, -0.1) is 0 Å². The van der Waals surface area contributed by atoms with Gasteiger partial charge in [-0.1, -0.05) is 6.92 Å². The van der Waals surface area contributed by atoms with Crippen LogP contribution in [-0.2, 0) is 23.7 Å². The molecule has 0 aromatic carbocycles. The molecule has 2 saturated heterocycles. The first-order valence-electron chi connectivity index (χ1n) is 15.4. The van der Waals surface area contributed by atoms with Gasteiger partial charge >= 0.3 is 0 Å². The Hall–Kier alpha value is -0.850. The van der Waals surface area contributed by atoms with Crippen molar-refractivity contribution in [1.82, 2.24) is 20.4 Å². The third kappa shape index (κ3) is 18.3. The Bertz CT molecular complexity index is 586. The Morgan fingerprint density at radius 2 is 1.38 bits per heavy atom. The van der Waals surface area contributed by atoms with Crippen LogP contribution in [0.4, 0.5) is 0 Å². The lowest BCUT2D eigenvalue weighted by Gasteiger charge is -2.32. The average molecular weight is 559 g/mol. The number of hydrogen-bond acceptors (Lipinski definition) is 9. The second-order valence-corrected chi connectivity index (χ2v) is 11.2. The highest BCUT2D eigenvalue weighted by Crippen LogP contribution is 2.20. The van der Waals surface area contributed by atoms with Gasteiger partial charge in [0.15, 0.2) is 0 Å². The van der Waals surface area contributed by atoms with E-state index in [4.69, 9.17) is 18.9 Å². The van der Waals surface area contributed by atoms with Gasteiger partial charge in [0.2, 0.25) is 5.91 Å². The predicted octanol–water partition coefficient (Wildman–Crippen LogP) is 1.71. The minimum atomic E-state index is -0.605. The first-order chi connectivity index (χ1) is 19.1. The molecule has 1 unspecified atom stereocenters. The molecule has 0 saturated carbocycles. The van der Waals surface area contributed by atoms with Crippen LogP contribution in [0.5, 0.6) is 0 Å². The zero-order valence-corrected chi connectivity index (χ0v) is 24.9. The van der Waals surface area contributed by atoms with E-state index in [1.807, 2.05) is 0 Å². The van der Waals surface area contributed by atoms with Crippen LogP contribution < -0.4 is 10.6 Å². The van der Waals surface area contributed by atoms with Crippen molar-refractivity contribution in [2.75, 3.05) is 106 Å². The molecule has 2 aliphatic rings. The van der Waals surface area contributed by atoms with E-state index in [0.29, 0.717) is 25.7 Å². The number of amides is 1. The molecule has 1 atom stereocenters. The molecule has 2 rings (SSSR count). The van der Waals surface area contributed by atoms with E-state index in [0.717, 1.165) is 90.8 Å². The number of carbonyl (C=O) groups excluding carboxylic acids is 1. The summed E-state index contributed by atoms with van der Waals surface area (Å²) in [5.41, 5.74) is 0. The molecular formula is C29H58N4O6. The molecule has 2 heterocycles. The predicted molar refractivity (Wildman–Crippen MR) is 154 cm³/mol. The number of likely N-dealkylation sites (N-methyl/N-ethyl adjacent to an activating group) is 1. The van der Waals surface area contributed by atoms with Crippen LogP contribution in [-0.4, -0.2) is 133 Å². The number of ether oxygens (including phenoxy) is 4. The van der Waals surface area contributed by atoms with Gasteiger partial charge in [0.1, 0.15) is 12.8 Å². The second kappa shape index (κ2) is 22.8. The number of nitrogens with zero attached hydrogens (tertiary/aromatic N) is 2. The van der Waals surface area contributed by atoms with Crippen molar-refractivity contribution < 1.29 is 28.8 Å². The fourth-order valence-corrected chi connectivity index (χ4v) is 4.99. The third-order valence-electron chi connectivity index (χ3n) is 7.81. The Kier molecular flexibility index (Phi) is 20.1. The van der Waals surface area contributed by atoms with Gasteiger partial charge < -0.3 is 39.2 Å². The highest BCUT2D eigenvalue weighted by Gasteiger charge is 2.19. The first kappa shape index (κ1) is 34.4. The number of aliphatic hydroxyl groups is 1. The van der Waals surface area contributed by atoms with Gasteiger partial charge in [-0.2, -0.15) is 0 Å². The molecule has 0 bridgehead atoms. The molecule has 3 N–H and O–H groups in total. The lowest BCUT2D eigenvalue weighted by Crippen LogP contribution is -2.38. The van der Waals surface area contributed by atoms with Gasteiger partial charge in [-0.05, 0) is 95.9 Å². The molecule has 39 heavy (non-hydrogen) atoms. The number of likely N-dealkylation sites (tertiary alicyclic amines) is 2. The van der Waals surface area contributed by atoms with Crippen molar-refractivity contribution in [2.45, 2.75) is 64.5 Å². The van der Waals surface area contributed by atoms with Crippen molar-refractivity contribution in [3.63, 3.8) is 0 Å². The fraction of sp³-hybridized carbons (Fsp3) is 0.966. The summed E-state index contributed by atoms with van der Waals surface area (Å²) in [5, 5.41) is 15.9. The van der Waals surface area contributed by atoms with E-state index < -0.39 is 6.23 Å². The summed E-state index contributed by atoms with van der Waals surface area (Å²) in [4.78, 5) is 16.0. The first-order valence-corrected chi connectivity index (χ1v) is 15.4. The van der Waals surface area contributed by atoms with Gasteiger partial charge in [0, 0.05) is 46.6 Å². The van der Waals surface area contributed by atoms with Crippen LogP contribution in [0.25, 0.3) is 0 Å². The van der Waals surface area contributed by atoms with Crippen molar-refractivity contribution in [3.05, 3.63) is 0 Å².